The molecule has 2 aromatic rings. The molecule has 17 heavy (non-hydrogen) atoms. The summed E-state index contributed by atoms with van der Waals surface area (Å²) in [7, 11) is 0. The second kappa shape index (κ2) is 5.12. The van der Waals surface area contributed by atoms with E-state index in [0.29, 0.717) is 5.71 Å². The van der Waals surface area contributed by atoms with E-state index in [1.807, 2.05) is 13.0 Å². The number of aromatic nitrogens is 1. The Bertz CT molecular complexity index is 570. The third-order valence-corrected chi connectivity index (χ3v) is 3.40. The highest BCUT2D eigenvalue weighted by molar-refractivity contribution is 14.1. The van der Waals surface area contributed by atoms with Crippen molar-refractivity contribution >= 4 is 39.2 Å². The molecule has 1 aromatic carbocycles. The molecule has 1 N–H and O–H groups in total. The standard InChI is InChI=1S/C14H15IN2/c1-3-4-13(16)12-7-9(2)17-14-8-10(15)5-6-11(12)14/h5-8,16H,3-4H2,1-2H3. The lowest BCUT2D eigenvalue weighted by molar-refractivity contribution is 0.986. The minimum absolute atomic E-state index is 0.712. The molecule has 1 heterocycles. The molecule has 0 aliphatic heterocycles. The van der Waals surface area contributed by atoms with Crippen LogP contribution in [-0.2, 0) is 0 Å². The van der Waals surface area contributed by atoms with E-state index < -0.39 is 0 Å². The highest BCUT2D eigenvalue weighted by atomic mass is 127. The lowest BCUT2D eigenvalue weighted by Crippen LogP contribution is -2.01. The van der Waals surface area contributed by atoms with Gasteiger partial charge >= 0.3 is 0 Å². The van der Waals surface area contributed by atoms with Gasteiger partial charge in [-0.2, -0.15) is 0 Å². The summed E-state index contributed by atoms with van der Waals surface area (Å²) in [6.45, 7) is 4.09. The number of halogens is 1. The van der Waals surface area contributed by atoms with Gasteiger partial charge in [-0.3, -0.25) is 4.98 Å². The van der Waals surface area contributed by atoms with Gasteiger partial charge in [-0.1, -0.05) is 19.4 Å². The molecule has 0 saturated heterocycles. The topological polar surface area (TPSA) is 36.7 Å². The van der Waals surface area contributed by atoms with E-state index in [-0.39, 0.29) is 0 Å². The van der Waals surface area contributed by atoms with Crippen LogP contribution in [-0.4, -0.2) is 10.7 Å². The number of pyridine rings is 1. The van der Waals surface area contributed by atoms with Gasteiger partial charge in [0.1, 0.15) is 0 Å². The molecule has 1 aromatic heterocycles. The van der Waals surface area contributed by atoms with E-state index in [9.17, 15) is 0 Å². The van der Waals surface area contributed by atoms with Gasteiger partial charge in [0.2, 0.25) is 0 Å². The van der Waals surface area contributed by atoms with E-state index in [4.69, 9.17) is 5.41 Å². The fraction of sp³-hybridized carbons (Fsp3) is 0.286. The first-order valence-electron chi connectivity index (χ1n) is 5.76. The fourth-order valence-electron chi connectivity index (χ4n) is 1.97. The molecule has 0 spiro atoms. The molecule has 88 valence electrons. The second-order valence-electron chi connectivity index (χ2n) is 4.20. The van der Waals surface area contributed by atoms with Gasteiger partial charge in [0.05, 0.1) is 5.52 Å². The third kappa shape index (κ3) is 2.65. The van der Waals surface area contributed by atoms with Crippen molar-refractivity contribution in [3.05, 3.63) is 39.1 Å². The summed E-state index contributed by atoms with van der Waals surface area (Å²) in [5.74, 6) is 0. The van der Waals surface area contributed by atoms with Crippen molar-refractivity contribution in [2.75, 3.05) is 0 Å². The van der Waals surface area contributed by atoms with E-state index in [1.54, 1.807) is 0 Å². The molecule has 0 unspecified atom stereocenters. The Labute approximate surface area is 115 Å². The van der Waals surface area contributed by atoms with Crippen molar-refractivity contribution in [1.82, 2.24) is 4.98 Å². The Kier molecular flexibility index (Phi) is 3.76. The molecule has 3 heteroatoms. The minimum Gasteiger partial charge on any atom is -0.305 e. The summed E-state index contributed by atoms with van der Waals surface area (Å²) >= 11 is 2.29. The van der Waals surface area contributed by atoms with Crippen LogP contribution < -0.4 is 0 Å². The summed E-state index contributed by atoms with van der Waals surface area (Å²) in [6, 6.07) is 8.24. The van der Waals surface area contributed by atoms with E-state index in [0.717, 1.165) is 35.0 Å². The van der Waals surface area contributed by atoms with Crippen LogP contribution in [0.5, 0.6) is 0 Å². The zero-order valence-corrected chi connectivity index (χ0v) is 12.2. The molecule has 0 amide bonds. The second-order valence-corrected chi connectivity index (χ2v) is 5.45. The number of benzene rings is 1. The number of hydrogen-bond donors (Lipinski definition) is 1. The van der Waals surface area contributed by atoms with Gasteiger partial charge in [0.25, 0.3) is 0 Å². The lowest BCUT2D eigenvalue weighted by atomic mass is 10.0. The minimum atomic E-state index is 0.712. The lowest BCUT2D eigenvalue weighted by Gasteiger charge is -2.09. The first-order chi connectivity index (χ1) is 8.11. The van der Waals surface area contributed by atoms with Crippen LogP contribution in [0.25, 0.3) is 10.9 Å². The summed E-state index contributed by atoms with van der Waals surface area (Å²) in [4.78, 5) is 4.54. The van der Waals surface area contributed by atoms with Gasteiger partial charge in [0.15, 0.2) is 0 Å². The van der Waals surface area contributed by atoms with Crippen molar-refractivity contribution in [1.29, 1.82) is 5.41 Å². The monoisotopic (exact) mass is 338 g/mol. The van der Waals surface area contributed by atoms with Crippen LogP contribution in [0.15, 0.2) is 24.3 Å². The molecule has 0 radical (unpaired) electrons. The summed E-state index contributed by atoms with van der Waals surface area (Å²) in [5, 5.41) is 9.22. The zero-order chi connectivity index (χ0) is 12.4. The molecule has 0 saturated carbocycles. The van der Waals surface area contributed by atoms with Gasteiger partial charge in [-0.25, -0.2) is 0 Å². The van der Waals surface area contributed by atoms with E-state index in [2.05, 4.69) is 52.7 Å². The quantitative estimate of drug-likeness (QED) is 0.657. The first kappa shape index (κ1) is 12.5. The van der Waals surface area contributed by atoms with Crippen LogP contribution in [0.4, 0.5) is 0 Å². The smallest absolute Gasteiger partial charge is 0.0722 e. The SMILES string of the molecule is CCCC(=N)c1cc(C)nc2cc(I)ccc12. The first-order valence-corrected chi connectivity index (χ1v) is 6.84. The maximum atomic E-state index is 8.13. The molecule has 0 atom stereocenters. The molecular formula is C14H15IN2. The maximum absolute atomic E-state index is 8.13. The fourth-order valence-corrected chi connectivity index (χ4v) is 2.44. The number of nitrogens with one attached hydrogen (secondary N) is 1. The Morgan fingerprint density at radius 2 is 2.12 bits per heavy atom. The molecule has 0 aliphatic rings. The van der Waals surface area contributed by atoms with Gasteiger partial charge in [-0.05, 0) is 54.1 Å². The number of fused-ring (bicyclic) bond motifs is 1. The Morgan fingerprint density at radius 1 is 1.35 bits per heavy atom. The van der Waals surface area contributed by atoms with Crippen LogP contribution in [0.3, 0.4) is 0 Å². The number of nitrogens with zero attached hydrogens (tertiary/aromatic N) is 1. The van der Waals surface area contributed by atoms with Crippen molar-refractivity contribution in [2.45, 2.75) is 26.7 Å². The molecule has 0 bridgehead atoms. The molecule has 0 fully saturated rings. The largest absolute Gasteiger partial charge is 0.305 e. The van der Waals surface area contributed by atoms with Crippen LogP contribution in [0.1, 0.15) is 31.0 Å². The highest BCUT2D eigenvalue weighted by Gasteiger charge is 2.08. The van der Waals surface area contributed by atoms with Crippen LogP contribution in [0, 0.1) is 15.9 Å². The third-order valence-electron chi connectivity index (χ3n) is 2.73. The predicted octanol–water partition coefficient (Wildman–Crippen LogP) is 4.32. The Hall–Kier alpha value is -0.970. The van der Waals surface area contributed by atoms with Crippen molar-refractivity contribution in [3.8, 4) is 0 Å². The summed E-state index contributed by atoms with van der Waals surface area (Å²) in [6.07, 6.45) is 1.83. The number of hydrogen-bond acceptors (Lipinski definition) is 2. The zero-order valence-electron chi connectivity index (χ0n) is 10.0. The van der Waals surface area contributed by atoms with E-state index in [1.165, 1.54) is 3.57 Å². The Balaban J connectivity index is 2.65. The summed E-state index contributed by atoms with van der Waals surface area (Å²) in [5.41, 5.74) is 3.72. The molecule has 2 rings (SSSR count). The van der Waals surface area contributed by atoms with Crippen LogP contribution >= 0.6 is 22.6 Å². The van der Waals surface area contributed by atoms with Crippen molar-refractivity contribution in [2.24, 2.45) is 0 Å². The molecule has 0 aliphatic carbocycles. The summed E-state index contributed by atoms with van der Waals surface area (Å²) < 4.78 is 1.18. The maximum Gasteiger partial charge on any atom is 0.0722 e. The highest BCUT2D eigenvalue weighted by Crippen LogP contribution is 2.22. The van der Waals surface area contributed by atoms with E-state index >= 15 is 0 Å². The van der Waals surface area contributed by atoms with Gasteiger partial charge in [-0.15, -0.1) is 0 Å². The normalized spacial score (nSPS) is 10.8. The molecule has 2 nitrogen and oxygen atoms in total. The number of aryl methyl sites for hydroxylation is 1. The average molecular weight is 338 g/mol. The molecular weight excluding hydrogens is 323 g/mol. The van der Waals surface area contributed by atoms with Crippen LogP contribution in [0.2, 0.25) is 0 Å². The van der Waals surface area contributed by atoms with Crippen molar-refractivity contribution in [3.63, 3.8) is 0 Å². The average Bonchev–Trinajstić information content (AvgIpc) is 2.27. The Morgan fingerprint density at radius 3 is 2.82 bits per heavy atom. The predicted molar refractivity (Wildman–Crippen MR) is 80.9 cm³/mol. The van der Waals surface area contributed by atoms with Gasteiger partial charge < -0.3 is 5.41 Å². The van der Waals surface area contributed by atoms with Gasteiger partial charge in [0, 0.05) is 25.9 Å². The number of rotatable bonds is 3. The van der Waals surface area contributed by atoms with Crippen molar-refractivity contribution < 1.29 is 0 Å².